The lowest BCUT2D eigenvalue weighted by Crippen LogP contribution is -2.10. The molecule has 1 aromatic rings. The molecule has 0 aliphatic carbocycles. The highest BCUT2D eigenvalue weighted by Gasteiger charge is 2.26. The third kappa shape index (κ3) is 1.87. The second-order valence-electron chi connectivity index (χ2n) is 2.30. The Bertz CT molecular complexity index is 432. The molecule has 0 amide bonds. The maximum absolute atomic E-state index is 12.3. The number of nitrogens with zero attached hydrogens (tertiary/aromatic N) is 1. The molecule has 1 aromatic heterocycles. The number of aromatic nitrogens is 1. The highest BCUT2D eigenvalue weighted by atomic mass is 35.5. The number of alkyl halides is 2. The smallest absolute Gasteiger partial charge is 0.286 e. The van der Waals surface area contributed by atoms with Crippen molar-refractivity contribution in [3.05, 3.63) is 37.3 Å². The predicted molar refractivity (Wildman–Crippen MR) is 43.7 cm³/mol. The minimum atomic E-state index is -3.11. The molecular formula is C6H3ClF2N2O3. The van der Waals surface area contributed by atoms with Gasteiger partial charge in [0.2, 0.25) is 0 Å². The highest BCUT2D eigenvalue weighted by Crippen LogP contribution is 2.31. The van der Waals surface area contributed by atoms with Crippen molar-refractivity contribution in [3.8, 4) is 0 Å². The number of pyridine rings is 1. The largest absolute Gasteiger partial charge is 0.312 e. The molecule has 0 aromatic carbocycles. The van der Waals surface area contributed by atoms with Crippen LogP contribution in [-0.4, -0.2) is 9.91 Å². The minimum Gasteiger partial charge on any atom is -0.312 e. The molecule has 0 saturated carbocycles. The maximum Gasteiger partial charge on any atom is 0.286 e. The zero-order chi connectivity index (χ0) is 10.9. The Hall–Kier alpha value is -1.50. The van der Waals surface area contributed by atoms with Crippen LogP contribution >= 0.6 is 11.6 Å². The lowest BCUT2D eigenvalue weighted by molar-refractivity contribution is -0.386. The van der Waals surface area contributed by atoms with Crippen molar-refractivity contribution in [1.29, 1.82) is 0 Å². The topological polar surface area (TPSA) is 76.0 Å². The number of H-pyrrole nitrogens is 1. The van der Waals surface area contributed by atoms with E-state index < -0.39 is 33.3 Å². The van der Waals surface area contributed by atoms with Crippen molar-refractivity contribution in [2.45, 2.75) is 6.43 Å². The van der Waals surface area contributed by atoms with Crippen molar-refractivity contribution >= 4 is 17.3 Å². The molecule has 1 rings (SSSR count). The molecular weight excluding hydrogens is 222 g/mol. The van der Waals surface area contributed by atoms with Gasteiger partial charge in [0, 0.05) is 0 Å². The lowest BCUT2D eigenvalue weighted by atomic mass is 10.2. The highest BCUT2D eigenvalue weighted by molar-refractivity contribution is 6.30. The van der Waals surface area contributed by atoms with E-state index in [4.69, 9.17) is 11.6 Å². The standard InChI is InChI=1S/C6H3ClF2N2O3/c7-5-4(6(8)9)2(11(13)14)1-3(12)10-5/h1,6H,(H,10,12). The van der Waals surface area contributed by atoms with Gasteiger partial charge in [0.25, 0.3) is 17.7 Å². The SMILES string of the molecule is O=c1cc([N+](=O)[O-])c(C(F)F)c(Cl)[nH]1. The summed E-state index contributed by atoms with van der Waals surface area (Å²) >= 11 is 5.23. The number of rotatable bonds is 2. The van der Waals surface area contributed by atoms with Gasteiger partial charge in [-0.2, -0.15) is 0 Å². The Labute approximate surface area is 80.5 Å². The fourth-order valence-corrected chi connectivity index (χ4v) is 1.16. The summed E-state index contributed by atoms with van der Waals surface area (Å²) in [5.41, 5.74) is -2.85. The van der Waals surface area contributed by atoms with Crippen molar-refractivity contribution < 1.29 is 13.7 Å². The van der Waals surface area contributed by atoms with E-state index in [2.05, 4.69) is 0 Å². The van der Waals surface area contributed by atoms with E-state index in [0.717, 1.165) is 0 Å². The van der Waals surface area contributed by atoms with E-state index in [9.17, 15) is 23.7 Å². The van der Waals surface area contributed by atoms with Gasteiger partial charge in [0.1, 0.15) is 10.7 Å². The van der Waals surface area contributed by atoms with Gasteiger partial charge in [-0.25, -0.2) is 8.78 Å². The van der Waals surface area contributed by atoms with Gasteiger partial charge < -0.3 is 4.98 Å². The number of hydrogen-bond acceptors (Lipinski definition) is 3. The van der Waals surface area contributed by atoms with E-state index in [1.165, 1.54) is 0 Å². The van der Waals surface area contributed by atoms with E-state index in [-0.39, 0.29) is 0 Å². The molecule has 0 spiro atoms. The molecule has 14 heavy (non-hydrogen) atoms. The second kappa shape index (κ2) is 3.70. The van der Waals surface area contributed by atoms with Crippen molar-refractivity contribution in [1.82, 2.24) is 4.98 Å². The molecule has 0 saturated heterocycles. The Morgan fingerprint density at radius 3 is 2.57 bits per heavy atom. The first kappa shape index (κ1) is 10.6. The zero-order valence-corrected chi connectivity index (χ0v) is 7.22. The summed E-state index contributed by atoms with van der Waals surface area (Å²) in [4.78, 5) is 21.8. The van der Waals surface area contributed by atoms with Crippen molar-refractivity contribution in [3.63, 3.8) is 0 Å². The summed E-state index contributed by atoms with van der Waals surface area (Å²) in [6.07, 6.45) is -3.11. The average molecular weight is 225 g/mol. The Balaban J connectivity index is 3.52. The third-order valence-electron chi connectivity index (χ3n) is 1.43. The first-order valence-corrected chi connectivity index (χ1v) is 3.66. The van der Waals surface area contributed by atoms with Crippen LogP contribution < -0.4 is 5.56 Å². The van der Waals surface area contributed by atoms with Crippen LogP contribution in [0.2, 0.25) is 5.15 Å². The Morgan fingerprint density at radius 2 is 2.14 bits per heavy atom. The number of aromatic amines is 1. The normalized spacial score (nSPS) is 10.6. The monoisotopic (exact) mass is 224 g/mol. The van der Waals surface area contributed by atoms with Crippen LogP contribution in [0.1, 0.15) is 12.0 Å². The van der Waals surface area contributed by atoms with E-state index in [1.54, 1.807) is 0 Å². The van der Waals surface area contributed by atoms with Crippen LogP contribution in [0.5, 0.6) is 0 Å². The first-order valence-electron chi connectivity index (χ1n) is 3.28. The second-order valence-corrected chi connectivity index (χ2v) is 2.68. The van der Waals surface area contributed by atoms with Gasteiger partial charge in [-0.1, -0.05) is 11.6 Å². The summed E-state index contributed by atoms with van der Waals surface area (Å²) in [5, 5.41) is 9.58. The number of halogens is 3. The van der Waals surface area contributed by atoms with Crippen LogP contribution in [0, 0.1) is 10.1 Å². The molecule has 5 nitrogen and oxygen atoms in total. The summed E-state index contributed by atoms with van der Waals surface area (Å²) in [6, 6.07) is 0.466. The van der Waals surface area contributed by atoms with Gasteiger partial charge in [-0.15, -0.1) is 0 Å². The number of nitrogens with one attached hydrogen (secondary N) is 1. The summed E-state index contributed by atoms with van der Waals surface area (Å²) in [5.74, 6) is 0. The molecule has 0 unspecified atom stereocenters. The zero-order valence-electron chi connectivity index (χ0n) is 6.46. The maximum atomic E-state index is 12.3. The summed E-state index contributed by atoms with van der Waals surface area (Å²) < 4.78 is 24.5. The quantitative estimate of drug-likeness (QED) is 0.473. The van der Waals surface area contributed by atoms with Gasteiger partial charge in [-0.05, 0) is 0 Å². The van der Waals surface area contributed by atoms with Crippen LogP contribution in [0.4, 0.5) is 14.5 Å². The van der Waals surface area contributed by atoms with Crippen LogP contribution in [0.25, 0.3) is 0 Å². The number of hydrogen-bond donors (Lipinski definition) is 1. The van der Waals surface area contributed by atoms with E-state index in [0.29, 0.717) is 6.07 Å². The Kier molecular flexibility index (Phi) is 2.80. The van der Waals surface area contributed by atoms with Gasteiger partial charge >= 0.3 is 0 Å². The molecule has 1 heterocycles. The fourth-order valence-electron chi connectivity index (χ4n) is 0.885. The molecule has 0 aliphatic rings. The number of nitro groups is 1. The third-order valence-corrected chi connectivity index (χ3v) is 1.73. The van der Waals surface area contributed by atoms with Crippen LogP contribution in [0.3, 0.4) is 0 Å². The van der Waals surface area contributed by atoms with Crippen LogP contribution in [-0.2, 0) is 0 Å². The molecule has 76 valence electrons. The lowest BCUT2D eigenvalue weighted by Gasteiger charge is -2.02. The summed E-state index contributed by atoms with van der Waals surface area (Å²) in [7, 11) is 0. The molecule has 0 aliphatic heterocycles. The fraction of sp³-hybridized carbons (Fsp3) is 0.167. The van der Waals surface area contributed by atoms with E-state index >= 15 is 0 Å². The Morgan fingerprint density at radius 1 is 1.57 bits per heavy atom. The summed E-state index contributed by atoms with van der Waals surface area (Å²) in [6.45, 7) is 0. The molecule has 0 radical (unpaired) electrons. The molecule has 0 atom stereocenters. The minimum absolute atomic E-state index is 0.466. The predicted octanol–water partition coefficient (Wildman–Crippen LogP) is 1.87. The average Bonchev–Trinajstić information content (AvgIpc) is 2.01. The van der Waals surface area contributed by atoms with Crippen LogP contribution in [0.15, 0.2) is 10.9 Å². The van der Waals surface area contributed by atoms with Crippen molar-refractivity contribution in [2.75, 3.05) is 0 Å². The molecule has 8 heteroatoms. The van der Waals surface area contributed by atoms with Gasteiger partial charge in [0.15, 0.2) is 0 Å². The van der Waals surface area contributed by atoms with E-state index in [1.807, 2.05) is 4.98 Å². The first-order chi connectivity index (χ1) is 6.43. The van der Waals surface area contributed by atoms with Crippen molar-refractivity contribution in [2.24, 2.45) is 0 Å². The molecule has 0 bridgehead atoms. The molecule has 0 fully saturated rings. The van der Waals surface area contributed by atoms with Gasteiger partial charge in [-0.3, -0.25) is 14.9 Å². The van der Waals surface area contributed by atoms with Gasteiger partial charge in [0.05, 0.1) is 11.0 Å². The molecule has 1 N–H and O–H groups in total.